The van der Waals surface area contributed by atoms with Crippen LogP contribution in [0.25, 0.3) is 11.3 Å². The molecule has 0 unspecified atom stereocenters. The van der Waals surface area contributed by atoms with Gasteiger partial charge in [0.15, 0.2) is 0 Å². The van der Waals surface area contributed by atoms with Crippen LogP contribution in [0.15, 0.2) is 71.9 Å². The van der Waals surface area contributed by atoms with E-state index >= 15 is 0 Å². The summed E-state index contributed by atoms with van der Waals surface area (Å²) in [5.41, 5.74) is 3.43. The topological polar surface area (TPSA) is 50.2 Å². The molecule has 5 rings (SSSR count). The standard InChI is InChI=1S/C24H14ClF2IN4/c25-14-7-8-17-18(9-14)23(21-19(26)5-2-6-20(21)27)29-11-13-12-30-24(32-22(13)17)31-16-4-1-3-15(28)10-16/h1-10,12H,11H2,(H,30,31,32). The number of nitrogens with one attached hydrogen (secondary N) is 1. The van der Waals surface area contributed by atoms with Crippen LogP contribution in [0.3, 0.4) is 0 Å². The largest absolute Gasteiger partial charge is 0.324 e. The predicted octanol–water partition coefficient (Wildman–Crippen LogP) is 6.77. The first-order valence-electron chi connectivity index (χ1n) is 9.67. The fourth-order valence-corrected chi connectivity index (χ4v) is 4.33. The third kappa shape index (κ3) is 3.98. The third-order valence-corrected chi connectivity index (χ3v) is 5.95. The van der Waals surface area contributed by atoms with Crippen molar-refractivity contribution in [1.29, 1.82) is 0 Å². The second-order valence-corrected chi connectivity index (χ2v) is 8.84. The zero-order chi connectivity index (χ0) is 22.2. The molecule has 0 radical (unpaired) electrons. The van der Waals surface area contributed by atoms with E-state index in [9.17, 15) is 8.78 Å². The molecule has 158 valence electrons. The highest BCUT2D eigenvalue weighted by Crippen LogP contribution is 2.34. The lowest BCUT2D eigenvalue weighted by atomic mass is 9.95. The molecule has 0 bridgehead atoms. The molecule has 2 heterocycles. The molecule has 1 aliphatic heterocycles. The van der Waals surface area contributed by atoms with Gasteiger partial charge in [-0.3, -0.25) is 4.99 Å². The summed E-state index contributed by atoms with van der Waals surface area (Å²) in [6.45, 7) is 0.175. The molecule has 8 heteroatoms. The lowest BCUT2D eigenvalue weighted by Crippen LogP contribution is -2.10. The van der Waals surface area contributed by atoms with Crippen molar-refractivity contribution in [2.45, 2.75) is 6.54 Å². The molecule has 32 heavy (non-hydrogen) atoms. The van der Waals surface area contributed by atoms with E-state index in [4.69, 9.17) is 16.6 Å². The molecule has 1 N–H and O–H groups in total. The average molecular weight is 559 g/mol. The van der Waals surface area contributed by atoms with Crippen molar-refractivity contribution in [3.05, 3.63) is 104 Å². The summed E-state index contributed by atoms with van der Waals surface area (Å²) in [4.78, 5) is 13.7. The van der Waals surface area contributed by atoms with Gasteiger partial charge in [0.25, 0.3) is 0 Å². The van der Waals surface area contributed by atoms with Crippen molar-refractivity contribution in [2.75, 3.05) is 5.32 Å². The number of hydrogen-bond donors (Lipinski definition) is 1. The van der Waals surface area contributed by atoms with Crippen LogP contribution in [0.4, 0.5) is 20.4 Å². The number of aliphatic imine (C=N–C) groups is 1. The highest BCUT2D eigenvalue weighted by molar-refractivity contribution is 14.1. The molecule has 0 saturated carbocycles. The van der Waals surface area contributed by atoms with Crippen LogP contribution >= 0.6 is 34.2 Å². The summed E-state index contributed by atoms with van der Waals surface area (Å²) in [6.07, 6.45) is 1.68. The predicted molar refractivity (Wildman–Crippen MR) is 131 cm³/mol. The van der Waals surface area contributed by atoms with Gasteiger partial charge in [0.05, 0.1) is 23.5 Å². The number of hydrogen-bond acceptors (Lipinski definition) is 4. The molecule has 4 nitrogen and oxygen atoms in total. The minimum Gasteiger partial charge on any atom is -0.324 e. The molecule has 0 saturated heterocycles. The first-order valence-corrected chi connectivity index (χ1v) is 11.1. The maximum atomic E-state index is 14.6. The van der Waals surface area contributed by atoms with Crippen LogP contribution in [0.2, 0.25) is 5.02 Å². The molecule has 0 fully saturated rings. The Morgan fingerprint density at radius 2 is 1.72 bits per heavy atom. The third-order valence-electron chi connectivity index (χ3n) is 5.04. The van der Waals surface area contributed by atoms with Gasteiger partial charge in [-0.25, -0.2) is 18.7 Å². The number of rotatable bonds is 3. The Hall–Kier alpha value is -2.91. The molecule has 1 aliphatic rings. The summed E-state index contributed by atoms with van der Waals surface area (Å²) < 4.78 is 30.4. The van der Waals surface area contributed by atoms with Crippen LogP contribution in [-0.2, 0) is 6.54 Å². The number of aromatic nitrogens is 2. The molecule has 0 amide bonds. The van der Waals surface area contributed by atoms with Gasteiger partial charge in [-0.15, -0.1) is 0 Å². The monoisotopic (exact) mass is 558 g/mol. The van der Waals surface area contributed by atoms with E-state index in [0.717, 1.165) is 14.8 Å². The molecule has 4 aromatic rings. The van der Waals surface area contributed by atoms with Gasteiger partial charge >= 0.3 is 0 Å². The molecule has 0 atom stereocenters. The van der Waals surface area contributed by atoms with Gasteiger partial charge in [-0.05, 0) is 65.1 Å². The Balaban J connectivity index is 1.65. The molecular formula is C24H14ClF2IN4. The first kappa shape index (κ1) is 21.0. The van der Waals surface area contributed by atoms with Crippen molar-refractivity contribution in [2.24, 2.45) is 4.99 Å². The van der Waals surface area contributed by atoms with Gasteiger partial charge in [0.2, 0.25) is 5.95 Å². The van der Waals surface area contributed by atoms with Crippen molar-refractivity contribution in [3.63, 3.8) is 0 Å². The van der Waals surface area contributed by atoms with Crippen molar-refractivity contribution < 1.29 is 8.78 Å². The Morgan fingerprint density at radius 3 is 2.50 bits per heavy atom. The van der Waals surface area contributed by atoms with E-state index in [2.05, 4.69) is 37.9 Å². The van der Waals surface area contributed by atoms with Gasteiger partial charge in [0.1, 0.15) is 11.6 Å². The normalized spacial score (nSPS) is 12.4. The van der Waals surface area contributed by atoms with Gasteiger partial charge in [0, 0.05) is 37.2 Å². The smallest absolute Gasteiger partial charge is 0.227 e. The van der Waals surface area contributed by atoms with Crippen molar-refractivity contribution >= 4 is 51.5 Å². The highest BCUT2D eigenvalue weighted by Gasteiger charge is 2.25. The van der Waals surface area contributed by atoms with E-state index in [0.29, 0.717) is 27.8 Å². The molecule has 3 aromatic carbocycles. The van der Waals surface area contributed by atoms with Crippen LogP contribution in [0.5, 0.6) is 0 Å². The van der Waals surface area contributed by atoms with Gasteiger partial charge in [-0.1, -0.05) is 29.8 Å². The maximum Gasteiger partial charge on any atom is 0.227 e. The van der Waals surface area contributed by atoms with Crippen molar-refractivity contribution in [3.8, 4) is 11.3 Å². The number of anilines is 2. The van der Waals surface area contributed by atoms with E-state index < -0.39 is 11.6 Å². The van der Waals surface area contributed by atoms with Crippen LogP contribution in [0, 0.1) is 15.2 Å². The molecule has 0 aliphatic carbocycles. The SMILES string of the molecule is Fc1cccc(F)c1C1=NCc2cnc(Nc3cccc(I)c3)nc2-c2ccc(Cl)cc21. The highest BCUT2D eigenvalue weighted by atomic mass is 127. The zero-order valence-electron chi connectivity index (χ0n) is 16.4. The fraction of sp³-hybridized carbons (Fsp3) is 0.0417. The van der Waals surface area contributed by atoms with Gasteiger partial charge < -0.3 is 5.32 Å². The summed E-state index contributed by atoms with van der Waals surface area (Å²) in [7, 11) is 0. The van der Waals surface area contributed by atoms with Crippen molar-refractivity contribution in [1.82, 2.24) is 9.97 Å². The molecule has 1 aromatic heterocycles. The minimum absolute atomic E-state index is 0.175. The number of benzene rings is 3. The van der Waals surface area contributed by atoms with E-state index in [-0.39, 0.29) is 17.8 Å². The number of nitrogens with zero attached hydrogens (tertiary/aromatic N) is 3. The van der Waals surface area contributed by atoms with Crippen LogP contribution in [-0.4, -0.2) is 15.7 Å². The lowest BCUT2D eigenvalue weighted by Gasteiger charge is -2.13. The van der Waals surface area contributed by atoms with E-state index in [1.54, 1.807) is 24.4 Å². The van der Waals surface area contributed by atoms with Crippen LogP contribution in [0.1, 0.15) is 16.7 Å². The molecule has 0 spiro atoms. The first-order chi connectivity index (χ1) is 15.5. The minimum atomic E-state index is -0.687. The zero-order valence-corrected chi connectivity index (χ0v) is 19.3. The maximum absolute atomic E-state index is 14.6. The Kier molecular flexibility index (Phi) is 5.60. The van der Waals surface area contributed by atoms with E-state index in [1.165, 1.54) is 18.2 Å². The summed E-state index contributed by atoms with van der Waals surface area (Å²) >= 11 is 8.49. The fourth-order valence-electron chi connectivity index (χ4n) is 3.62. The number of fused-ring (bicyclic) bond motifs is 3. The van der Waals surface area contributed by atoms with E-state index in [1.807, 2.05) is 24.3 Å². The second kappa shape index (κ2) is 8.55. The average Bonchev–Trinajstić information content (AvgIpc) is 2.91. The van der Waals surface area contributed by atoms with Crippen LogP contribution < -0.4 is 5.32 Å². The summed E-state index contributed by atoms with van der Waals surface area (Å²) in [5, 5.41) is 3.64. The lowest BCUT2D eigenvalue weighted by molar-refractivity contribution is 0.579. The number of halogens is 4. The quantitative estimate of drug-likeness (QED) is 0.282. The second-order valence-electron chi connectivity index (χ2n) is 7.15. The van der Waals surface area contributed by atoms with Gasteiger partial charge in [-0.2, -0.15) is 0 Å². The Morgan fingerprint density at radius 1 is 0.938 bits per heavy atom. The Bertz CT molecular complexity index is 1370. The Labute approximate surface area is 201 Å². The molecular weight excluding hydrogens is 545 g/mol. The summed E-state index contributed by atoms with van der Waals surface area (Å²) in [5.74, 6) is -0.965. The summed E-state index contributed by atoms with van der Waals surface area (Å²) in [6, 6.07) is 16.8.